The number of thiazole rings is 1. The first-order valence-corrected chi connectivity index (χ1v) is 13.3. The average Bonchev–Trinajstić information content (AvgIpc) is 3.16. The number of nitrogens with zero attached hydrogens (tertiary/aromatic N) is 2. The number of hydrogen-bond acceptors (Lipinski definition) is 4. The van der Waals surface area contributed by atoms with Gasteiger partial charge in [-0.1, -0.05) is 55.5 Å². The van der Waals surface area contributed by atoms with E-state index in [1.54, 1.807) is 0 Å². The summed E-state index contributed by atoms with van der Waals surface area (Å²) in [6, 6.07) is 6.74. The zero-order chi connectivity index (χ0) is 23.3. The number of carbonyl (C=O) groups is 2. The van der Waals surface area contributed by atoms with Gasteiger partial charge >= 0.3 is 6.03 Å². The van der Waals surface area contributed by atoms with Crippen molar-refractivity contribution < 1.29 is 9.59 Å². The molecule has 0 bridgehead atoms. The standard InChI is InChI=1S/C23H32IN5O2S/c1-23(2,3)19(27-22(31)26-18-6-4-16(14-24)5-7-18)20(30)28-10-8-17(9-11-28)15-29-12-13-32-21(29)25/h4-7,12-13,17,19,25H,8-11,14-15H2,1-3H3,(H2,26,27,31)/t19-/m0/s1. The lowest BCUT2D eigenvalue weighted by Crippen LogP contribution is -2.56. The van der Waals surface area contributed by atoms with Crippen molar-refractivity contribution in [3.63, 3.8) is 0 Å². The van der Waals surface area contributed by atoms with E-state index in [1.807, 2.05) is 66.1 Å². The van der Waals surface area contributed by atoms with Gasteiger partial charge in [-0.25, -0.2) is 4.79 Å². The lowest BCUT2D eigenvalue weighted by Gasteiger charge is -2.38. The number of amides is 3. The Kier molecular flexibility index (Phi) is 8.37. The van der Waals surface area contributed by atoms with Gasteiger partial charge in [0.15, 0.2) is 4.80 Å². The molecule has 0 radical (unpaired) electrons. The number of hydrogen-bond donors (Lipinski definition) is 3. The normalized spacial score (nSPS) is 15.9. The zero-order valence-electron chi connectivity index (χ0n) is 18.9. The largest absolute Gasteiger partial charge is 0.341 e. The number of anilines is 1. The predicted octanol–water partition coefficient (Wildman–Crippen LogP) is 4.44. The van der Waals surface area contributed by atoms with E-state index in [9.17, 15) is 9.59 Å². The van der Waals surface area contributed by atoms with Crippen molar-refractivity contribution in [1.82, 2.24) is 14.8 Å². The molecule has 32 heavy (non-hydrogen) atoms. The molecule has 174 valence electrons. The summed E-state index contributed by atoms with van der Waals surface area (Å²) in [7, 11) is 0. The molecule has 3 N–H and O–H groups in total. The number of rotatable bonds is 6. The molecule has 2 aromatic rings. The van der Waals surface area contributed by atoms with Gasteiger partial charge in [0.05, 0.1) is 0 Å². The summed E-state index contributed by atoms with van der Waals surface area (Å²) in [5.41, 5.74) is 1.49. The topological polar surface area (TPSA) is 90.2 Å². The minimum atomic E-state index is -0.612. The highest BCUT2D eigenvalue weighted by atomic mass is 127. The summed E-state index contributed by atoms with van der Waals surface area (Å²) in [6.07, 6.45) is 3.76. The Morgan fingerprint density at radius 3 is 2.41 bits per heavy atom. The highest BCUT2D eigenvalue weighted by Crippen LogP contribution is 2.25. The molecule has 3 amide bonds. The van der Waals surface area contributed by atoms with E-state index in [0.717, 1.165) is 23.8 Å². The van der Waals surface area contributed by atoms with Crippen molar-refractivity contribution >= 4 is 51.6 Å². The molecule has 1 aliphatic heterocycles. The van der Waals surface area contributed by atoms with Crippen LogP contribution in [0.15, 0.2) is 35.8 Å². The van der Waals surface area contributed by atoms with Crippen molar-refractivity contribution in [1.29, 1.82) is 5.41 Å². The first-order valence-electron chi connectivity index (χ1n) is 10.9. The van der Waals surface area contributed by atoms with Crippen LogP contribution in [-0.2, 0) is 15.8 Å². The molecule has 1 fully saturated rings. The third-order valence-corrected chi connectivity index (χ3v) is 7.41. The quantitative estimate of drug-likeness (QED) is 0.355. The maximum Gasteiger partial charge on any atom is 0.319 e. The number of aromatic nitrogens is 1. The average molecular weight is 570 g/mol. The molecule has 7 nitrogen and oxygen atoms in total. The van der Waals surface area contributed by atoms with Crippen LogP contribution in [0.3, 0.4) is 0 Å². The van der Waals surface area contributed by atoms with Gasteiger partial charge in [-0.3, -0.25) is 10.2 Å². The molecule has 9 heteroatoms. The van der Waals surface area contributed by atoms with Gasteiger partial charge < -0.3 is 20.1 Å². The van der Waals surface area contributed by atoms with Crippen LogP contribution < -0.4 is 15.4 Å². The van der Waals surface area contributed by atoms with Crippen molar-refractivity contribution in [2.45, 2.75) is 50.6 Å². The highest BCUT2D eigenvalue weighted by Gasteiger charge is 2.37. The number of alkyl halides is 1. The molecular weight excluding hydrogens is 537 g/mol. The molecular formula is C23H32IN5O2S. The molecule has 0 unspecified atom stereocenters. The number of halogens is 1. The Labute approximate surface area is 207 Å². The number of urea groups is 1. The molecule has 0 spiro atoms. The minimum Gasteiger partial charge on any atom is -0.341 e. The van der Waals surface area contributed by atoms with Crippen LogP contribution >= 0.6 is 33.9 Å². The Hall–Kier alpha value is -1.88. The molecule has 0 aliphatic carbocycles. The predicted molar refractivity (Wildman–Crippen MR) is 137 cm³/mol. The van der Waals surface area contributed by atoms with Crippen LogP contribution in [0.1, 0.15) is 39.2 Å². The lowest BCUT2D eigenvalue weighted by molar-refractivity contribution is -0.137. The molecule has 2 heterocycles. The Balaban J connectivity index is 1.58. The van der Waals surface area contributed by atoms with Crippen molar-refractivity contribution in [2.75, 3.05) is 18.4 Å². The highest BCUT2D eigenvalue weighted by molar-refractivity contribution is 14.1. The molecule has 3 rings (SSSR count). The molecule has 1 aromatic heterocycles. The summed E-state index contributed by atoms with van der Waals surface area (Å²) in [4.78, 5) is 28.4. The van der Waals surface area contributed by atoms with Crippen LogP contribution in [0, 0.1) is 16.7 Å². The fourth-order valence-corrected chi connectivity index (χ4v) is 4.98. The molecule has 1 aromatic carbocycles. The van der Waals surface area contributed by atoms with Gasteiger partial charge in [-0.2, -0.15) is 0 Å². The van der Waals surface area contributed by atoms with Gasteiger partial charge in [-0.05, 0) is 41.9 Å². The molecule has 1 atom stereocenters. The van der Waals surface area contributed by atoms with Gasteiger partial charge in [-0.15, -0.1) is 11.3 Å². The van der Waals surface area contributed by atoms with Crippen molar-refractivity contribution in [3.05, 3.63) is 46.2 Å². The molecule has 0 saturated carbocycles. The van der Waals surface area contributed by atoms with Crippen LogP contribution in [0.5, 0.6) is 0 Å². The van der Waals surface area contributed by atoms with E-state index >= 15 is 0 Å². The van der Waals surface area contributed by atoms with Gasteiger partial charge in [0.2, 0.25) is 5.91 Å². The Morgan fingerprint density at radius 1 is 1.22 bits per heavy atom. The fourth-order valence-electron chi connectivity index (χ4n) is 3.87. The minimum absolute atomic E-state index is 0.0317. The Bertz CT molecular complexity index is 971. The van der Waals surface area contributed by atoms with Crippen LogP contribution in [-0.4, -0.2) is 40.5 Å². The second-order valence-corrected chi connectivity index (χ2v) is 11.0. The third kappa shape index (κ3) is 6.57. The summed E-state index contributed by atoms with van der Waals surface area (Å²) in [5.74, 6) is 0.424. The maximum atomic E-state index is 13.3. The summed E-state index contributed by atoms with van der Waals surface area (Å²) in [5, 5.41) is 15.6. The second kappa shape index (κ2) is 10.8. The fraction of sp³-hybridized carbons (Fsp3) is 0.522. The summed E-state index contributed by atoms with van der Waals surface area (Å²) >= 11 is 3.73. The number of benzene rings is 1. The van der Waals surface area contributed by atoms with Crippen molar-refractivity contribution in [2.24, 2.45) is 11.3 Å². The number of piperidine rings is 1. The number of carbonyl (C=O) groups excluding carboxylic acids is 2. The summed E-state index contributed by atoms with van der Waals surface area (Å²) < 4.78 is 2.89. The Morgan fingerprint density at radius 2 is 1.88 bits per heavy atom. The van der Waals surface area contributed by atoms with E-state index in [-0.39, 0.29) is 11.9 Å². The SMILES string of the molecule is CC(C)(C)[C@@H](NC(=O)Nc1ccc(CI)cc1)C(=O)N1CCC(Cn2ccsc2=N)CC1. The maximum absolute atomic E-state index is 13.3. The lowest BCUT2D eigenvalue weighted by atomic mass is 9.85. The van der Waals surface area contributed by atoms with Gasteiger partial charge in [0.25, 0.3) is 0 Å². The van der Waals surface area contributed by atoms with Gasteiger partial charge in [0, 0.05) is 41.3 Å². The second-order valence-electron chi connectivity index (χ2n) is 9.36. The van der Waals surface area contributed by atoms with Crippen LogP contribution in [0.25, 0.3) is 0 Å². The van der Waals surface area contributed by atoms with E-state index in [1.165, 1.54) is 16.9 Å². The number of nitrogens with one attached hydrogen (secondary N) is 3. The van der Waals surface area contributed by atoms with Crippen LogP contribution in [0.2, 0.25) is 0 Å². The van der Waals surface area contributed by atoms with E-state index in [0.29, 0.717) is 29.5 Å². The smallest absolute Gasteiger partial charge is 0.319 e. The summed E-state index contributed by atoms with van der Waals surface area (Å²) in [6.45, 7) is 8.09. The first kappa shape index (κ1) is 24.8. The first-order chi connectivity index (χ1) is 15.2. The van der Waals surface area contributed by atoms with Crippen LogP contribution in [0.4, 0.5) is 10.5 Å². The van der Waals surface area contributed by atoms with E-state index < -0.39 is 11.5 Å². The third-order valence-electron chi connectivity index (χ3n) is 5.82. The molecule has 1 aliphatic rings. The number of likely N-dealkylation sites (tertiary alicyclic amines) is 1. The monoisotopic (exact) mass is 569 g/mol. The van der Waals surface area contributed by atoms with Gasteiger partial charge in [0.1, 0.15) is 6.04 Å². The molecule has 1 saturated heterocycles. The zero-order valence-corrected chi connectivity index (χ0v) is 21.8. The van der Waals surface area contributed by atoms with E-state index in [2.05, 4.69) is 33.2 Å². The van der Waals surface area contributed by atoms with Crippen molar-refractivity contribution in [3.8, 4) is 0 Å². The van der Waals surface area contributed by atoms with E-state index in [4.69, 9.17) is 5.41 Å².